The summed E-state index contributed by atoms with van der Waals surface area (Å²) in [6.07, 6.45) is 8.00. The number of hydrogen-bond acceptors (Lipinski definition) is 3. The highest BCUT2D eigenvalue weighted by atomic mass is 32.2. The number of unbranched alkanes of at least 4 members (excludes halogenated alkanes) is 2. The average molecular weight is 237 g/mol. The molecule has 0 saturated carbocycles. The Bertz CT molecular complexity index is 285. The molecule has 2 aliphatic heterocycles. The number of carbonyl (C=O) groups excluding carboxylic acids is 1. The van der Waals surface area contributed by atoms with Crippen LogP contribution in [0.25, 0.3) is 0 Å². The van der Waals surface area contributed by atoms with Crippen LogP contribution in [0.3, 0.4) is 0 Å². The first kappa shape index (κ1) is 12.0. The molecule has 2 atom stereocenters. The van der Waals surface area contributed by atoms with Gasteiger partial charge in [-0.3, -0.25) is 4.79 Å². The maximum atomic E-state index is 12.0. The Kier molecular flexibility index (Phi) is 4.29. The quantitative estimate of drug-likeness (QED) is 0.689. The largest absolute Gasteiger partial charge is 0.299 e. The SMILES string of the molecule is N#CCCCCC(=O)C1CC2CCC(C1)S2. The van der Waals surface area contributed by atoms with Gasteiger partial charge in [-0.2, -0.15) is 17.0 Å². The Balaban J connectivity index is 1.71. The molecule has 2 heterocycles. The van der Waals surface area contributed by atoms with Crippen molar-refractivity contribution in [3.63, 3.8) is 0 Å². The molecule has 2 saturated heterocycles. The molecule has 2 rings (SSSR count). The van der Waals surface area contributed by atoms with Gasteiger partial charge < -0.3 is 0 Å². The molecular formula is C13H19NOS. The summed E-state index contributed by atoms with van der Waals surface area (Å²) in [5, 5.41) is 9.96. The zero-order valence-electron chi connectivity index (χ0n) is 9.65. The minimum Gasteiger partial charge on any atom is -0.299 e. The van der Waals surface area contributed by atoms with Crippen LogP contribution >= 0.6 is 11.8 Å². The summed E-state index contributed by atoms with van der Waals surface area (Å²) in [7, 11) is 0. The summed E-state index contributed by atoms with van der Waals surface area (Å²) in [6.45, 7) is 0. The fourth-order valence-corrected chi connectivity index (χ4v) is 4.60. The second kappa shape index (κ2) is 5.72. The summed E-state index contributed by atoms with van der Waals surface area (Å²) >= 11 is 2.11. The van der Waals surface area contributed by atoms with E-state index in [1.807, 2.05) is 0 Å². The highest BCUT2D eigenvalue weighted by Crippen LogP contribution is 2.46. The fourth-order valence-electron chi connectivity index (χ4n) is 2.83. The zero-order chi connectivity index (χ0) is 11.4. The van der Waals surface area contributed by atoms with E-state index in [0.29, 0.717) is 24.5 Å². The van der Waals surface area contributed by atoms with Gasteiger partial charge in [0, 0.05) is 29.3 Å². The van der Waals surface area contributed by atoms with Crippen LogP contribution in [0.15, 0.2) is 0 Å². The van der Waals surface area contributed by atoms with Gasteiger partial charge in [-0.25, -0.2) is 0 Å². The monoisotopic (exact) mass is 237 g/mol. The molecule has 16 heavy (non-hydrogen) atoms. The fraction of sp³-hybridized carbons (Fsp3) is 0.846. The van der Waals surface area contributed by atoms with Crippen molar-refractivity contribution in [3.05, 3.63) is 0 Å². The van der Waals surface area contributed by atoms with Gasteiger partial charge >= 0.3 is 0 Å². The Morgan fingerprint density at radius 3 is 2.56 bits per heavy atom. The predicted octanol–water partition coefficient (Wildman–Crippen LogP) is 3.31. The molecule has 88 valence electrons. The number of Topliss-reactive ketones (excluding diaryl/α,β-unsaturated/α-hetero) is 1. The standard InChI is InChI=1S/C13H19NOS/c14-7-3-1-2-4-13(15)10-8-11-5-6-12(9-10)16-11/h10-12H,1-6,8-9H2. The number of ketones is 1. The smallest absolute Gasteiger partial charge is 0.136 e. The van der Waals surface area contributed by atoms with Crippen molar-refractivity contribution in [1.82, 2.24) is 0 Å². The molecule has 2 bridgehead atoms. The molecule has 0 radical (unpaired) electrons. The van der Waals surface area contributed by atoms with Crippen molar-refractivity contribution in [1.29, 1.82) is 5.26 Å². The van der Waals surface area contributed by atoms with Crippen molar-refractivity contribution < 1.29 is 4.79 Å². The van der Waals surface area contributed by atoms with Gasteiger partial charge in [-0.05, 0) is 38.5 Å². The van der Waals surface area contributed by atoms with E-state index < -0.39 is 0 Å². The van der Waals surface area contributed by atoms with E-state index >= 15 is 0 Å². The van der Waals surface area contributed by atoms with E-state index in [1.54, 1.807) is 0 Å². The van der Waals surface area contributed by atoms with Crippen molar-refractivity contribution in [3.8, 4) is 6.07 Å². The third kappa shape index (κ3) is 3.01. The molecule has 0 N–H and O–H groups in total. The van der Waals surface area contributed by atoms with Crippen molar-refractivity contribution in [2.75, 3.05) is 0 Å². The molecule has 2 nitrogen and oxygen atoms in total. The molecule has 0 spiro atoms. The van der Waals surface area contributed by atoms with Gasteiger partial charge in [0.2, 0.25) is 0 Å². The number of fused-ring (bicyclic) bond motifs is 2. The predicted molar refractivity (Wildman–Crippen MR) is 66.2 cm³/mol. The number of carbonyl (C=O) groups is 1. The van der Waals surface area contributed by atoms with Crippen LogP contribution in [0.2, 0.25) is 0 Å². The van der Waals surface area contributed by atoms with Crippen LogP contribution in [0.5, 0.6) is 0 Å². The number of nitriles is 1. The summed E-state index contributed by atoms with van der Waals surface area (Å²) < 4.78 is 0. The first-order valence-electron chi connectivity index (χ1n) is 6.34. The lowest BCUT2D eigenvalue weighted by molar-refractivity contribution is -0.123. The Hall–Kier alpha value is -0.490. The zero-order valence-corrected chi connectivity index (χ0v) is 10.5. The van der Waals surface area contributed by atoms with Gasteiger partial charge in [0.1, 0.15) is 5.78 Å². The van der Waals surface area contributed by atoms with Crippen LogP contribution in [0.1, 0.15) is 51.4 Å². The highest BCUT2D eigenvalue weighted by Gasteiger charge is 2.37. The van der Waals surface area contributed by atoms with Crippen molar-refractivity contribution in [2.45, 2.75) is 61.9 Å². The van der Waals surface area contributed by atoms with Crippen LogP contribution < -0.4 is 0 Å². The Labute approximate surface area is 102 Å². The highest BCUT2D eigenvalue weighted by molar-refractivity contribution is 8.00. The maximum absolute atomic E-state index is 12.0. The minimum absolute atomic E-state index is 0.348. The van der Waals surface area contributed by atoms with Crippen LogP contribution in [0.4, 0.5) is 0 Å². The molecule has 0 amide bonds. The van der Waals surface area contributed by atoms with Crippen LogP contribution in [-0.2, 0) is 4.79 Å². The number of thioether (sulfide) groups is 1. The second-order valence-corrected chi connectivity index (χ2v) is 6.56. The normalized spacial score (nSPS) is 32.3. The molecular weight excluding hydrogens is 218 g/mol. The number of rotatable bonds is 5. The summed E-state index contributed by atoms with van der Waals surface area (Å²) in [5.74, 6) is 0.816. The van der Waals surface area contributed by atoms with Crippen LogP contribution in [-0.4, -0.2) is 16.3 Å². The molecule has 2 aliphatic rings. The molecule has 0 aromatic heterocycles. The molecule has 2 unspecified atom stereocenters. The Morgan fingerprint density at radius 2 is 1.94 bits per heavy atom. The van der Waals surface area contributed by atoms with Gasteiger partial charge in [-0.15, -0.1) is 0 Å². The maximum Gasteiger partial charge on any atom is 0.136 e. The van der Waals surface area contributed by atoms with Gasteiger partial charge in [0.05, 0.1) is 6.07 Å². The molecule has 3 heteroatoms. The van der Waals surface area contributed by atoms with Crippen molar-refractivity contribution in [2.24, 2.45) is 5.92 Å². The number of hydrogen-bond donors (Lipinski definition) is 0. The third-order valence-corrected chi connectivity index (χ3v) is 5.33. The first-order valence-corrected chi connectivity index (χ1v) is 7.29. The molecule has 2 fully saturated rings. The summed E-state index contributed by atoms with van der Waals surface area (Å²) in [6, 6.07) is 2.13. The van der Waals surface area contributed by atoms with E-state index in [9.17, 15) is 4.79 Å². The third-order valence-electron chi connectivity index (χ3n) is 3.71. The topological polar surface area (TPSA) is 40.9 Å². The minimum atomic E-state index is 0.348. The summed E-state index contributed by atoms with van der Waals surface area (Å²) in [4.78, 5) is 12.0. The van der Waals surface area contributed by atoms with E-state index in [1.165, 1.54) is 12.8 Å². The average Bonchev–Trinajstić information content (AvgIpc) is 2.63. The molecule has 0 aromatic rings. The van der Waals surface area contributed by atoms with E-state index in [2.05, 4.69) is 17.8 Å². The second-order valence-electron chi connectivity index (χ2n) is 4.96. The van der Waals surface area contributed by atoms with E-state index in [0.717, 1.165) is 36.2 Å². The van der Waals surface area contributed by atoms with E-state index in [-0.39, 0.29) is 0 Å². The van der Waals surface area contributed by atoms with Gasteiger partial charge in [0.25, 0.3) is 0 Å². The lowest BCUT2D eigenvalue weighted by Crippen LogP contribution is -2.24. The lowest BCUT2D eigenvalue weighted by atomic mass is 9.91. The van der Waals surface area contributed by atoms with Crippen LogP contribution in [0, 0.1) is 17.2 Å². The summed E-state index contributed by atoms with van der Waals surface area (Å²) in [5.41, 5.74) is 0. The molecule has 0 aliphatic carbocycles. The van der Waals surface area contributed by atoms with Crippen molar-refractivity contribution >= 4 is 17.5 Å². The van der Waals surface area contributed by atoms with Gasteiger partial charge in [0.15, 0.2) is 0 Å². The van der Waals surface area contributed by atoms with E-state index in [4.69, 9.17) is 5.26 Å². The Morgan fingerprint density at radius 1 is 1.25 bits per heavy atom. The lowest BCUT2D eigenvalue weighted by Gasteiger charge is -2.26. The molecule has 0 aromatic carbocycles. The number of nitrogens with zero attached hydrogens (tertiary/aromatic N) is 1. The first-order chi connectivity index (χ1) is 7.79. The van der Waals surface area contributed by atoms with Gasteiger partial charge in [-0.1, -0.05) is 0 Å².